The summed E-state index contributed by atoms with van der Waals surface area (Å²) >= 11 is 3.65. The molecule has 18 heavy (non-hydrogen) atoms. The Morgan fingerprint density at radius 1 is 1.44 bits per heavy atom. The molecule has 0 spiro atoms. The molecule has 0 aromatic carbocycles. The van der Waals surface area contributed by atoms with E-state index in [1.165, 1.54) is 22.6 Å². The van der Waals surface area contributed by atoms with Crippen molar-refractivity contribution in [3.05, 3.63) is 21.9 Å². The van der Waals surface area contributed by atoms with Crippen molar-refractivity contribution < 1.29 is 0 Å². The normalized spacial score (nSPS) is 23.1. The molecule has 1 saturated heterocycles. The molecule has 1 aliphatic heterocycles. The van der Waals surface area contributed by atoms with Gasteiger partial charge in [0.15, 0.2) is 5.17 Å². The Kier molecular flexibility index (Phi) is 4.38. The van der Waals surface area contributed by atoms with E-state index in [-0.39, 0.29) is 0 Å². The molecular weight excluding hydrogens is 260 g/mol. The third-order valence-electron chi connectivity index (χ3n) is 3.32. The average Bonchev–Trinajstić information content (AvgIpc) is 2.72. The Balaban J connectivity index is 1.99. The number of hydrogen-bond donors (Lipinski definition) is 1. The molecule has 100 valence electrons. The second-order valence-electron chi connectivity index (χ2n) is 5.85. The van der Waals surface area contributed by atoms with Crippen LogP contribution in [0.2, 0.25) is 0 Å². The van der Waals surface area contributed by atoms with Gasteiger partial charge in [0, 0.05) is 16.7 Å². The van der Waals surface area contributed by atoms with Crippen molar-refractivity contribution in [3.8, 4) is 0 Å². The Morgan fingerprint density at radius 2 is 2.22 bits per heavy atom. The first-order valence-electron chi connectivity index (χ1n) is 6.43. The zero-order chi connectivity index (χ0) is 13.2. The first kappa shape index (κ1) is 13.9. The average molecular weight is 282 g/mol. The third kappa shape index (κ3) is 3.51. The number of aliphatic imine (C=N–C) groups is 1. The summed E-state index contributed by atoms with van der Waals surface area (Å²) < 4.78 is 0. The molecule has 1 atom stereocenters. The number of aryl methyl sites for hydroxylation is 1. The quantitative estimate of drug-likeness (QED) is 0.885. The van der Waals surface area contributed by atoms with E-state index in [1.807, 2.05) is 11.8 Å². The molecule has 0 aliphatic carbocycles. The fraction of sp³-hybridized carbons (Fsp3) is 0.643. The fourth-order valence-electron chi connectivity index (χ4n) is 1.99. The van der Waals surface area contributed by atoms with Gasteiger partial charge in [-0.2, -0.15) is 0 Å². The molecule has 2 heterocycles. The molecule has 1 N–H and O–H groups in total. The second-order valence-corrected chi connectivity index (χ2v) is 7.93. The molecule has 2 rings (SSSR count). The summed E-state index contributed by atoms with van der Waals surface area (Å²) in [7, 11) is 0. The molecule has 1 aliphatic rings. The molecule has 0 bridgehead atoms. The van der Waals surface area contributed by atoms with E-state index in [0.717, 1.165) is 11.7 Å². The van der Waals surface area contributed by atoms with Crippen molar-refractivity contribution in [1.82, 2.24) is 5.32 Å². The van der Waals surface area contributed by atoms with Gasteiger partial charge in [-0.25, -0.2) is 0 Å². The minimum atomic E-state index is 0.306. The number of nitrogens with zero attached hydrogens (tertiary/aromatic N) is 1. The zero-order valence-electron chi connectivity index (χ0n) is 11.6. The predicted molar refractivity (Wildman–Crippen MR) is 83.6 cm³/mol. The number of nitrogens with one attached hydrogen (secondary N) is 1. The van der Waals surface area contributed by atoms with Crippen LogP contribution < -0.4 is 5.32 Å². The summed E-state index contributed by atoms with van der Waals surface area (Å²) in [6.45, 7) is 9.85. The molecule has 4 heteroatoms. The SMILES string of the molecule is Cc1ccsc1CN=C1NC(C(C)(C)C)CCS1. The number of amidine groups is 1. The van der Waals surface area contributed by atoms with Gasteiger partial charge in [0.25, 0.3) is 0 Å². The lowest BCUT2D eigenvalue weighted by Gasteiger charge is -2.35. The van der Waals surface area contributed by atoms with Crippen LogP contribution in [0.25, 0.3) is 0 Å². The van der Waals surface area contributed by atoms with E-state index in [0.29, 0.717) is 11.5 Å². The van der Waals surface area contributed by atoms with Crippen LogP contribution in [0.4, 0.5) is 0 Å². The van der Waals surface area contributed by atoms with Crippen molar-refractivity contribution in [2.24, 2.45) is 10.4 Å². The van der Waals surface area contributed by atoms with E-state index in [2.05, 4.69) is 44.5 Å². The smallest absolute Gasteiger partial charge is 0.157 e. The third-order valence-corrected chi connectivity index (χ3v) is 5.29. The van der Waals surface area contributed by atoms with Gasteiger partial charge in [-0.3, -0.25) is 4.99 Å². The van der Waals surface area contributed by atoms with Crippen molar-refractivity contribution in [2.75, 3.05) is 5.75 Å². The lowest BCUT2D eigenvalue weighted by Crippen LogP contribution is -2.46. The molecule has 0 amide bonds. The van der Waals surface area contributed by atoms with E-state index < -0.39 is 0 Å². The maximum Gasteiger partial charge on any atom is 0.157 e. The summed E-state index contributed by atoms with van der Waals surface area (Å²) in [6, 6.07) is 2.71. The van der Waals surface area contributed by atoms with Gasteiger partial charge < -0.3 is 5.32 Å². The Labute approximate surface area is 118 Å². The first-order valence-corrected chi connectivity index (χ1v) is 8.30. The van der Waals surface area contributed by atoms with Gasteiger partial charge in [0.05, 0.1) is 6.54 Å². The fourth-order valence-corrected chi connectivity index (χ4v) is 3.74. The highest BCUT2D eigenvalue weighted by atomic mass is 32.2. The van der Waals surface area contributed by atoms with Crippen molar-refractivity contribution >= 4 is 28.3 Å². The Hall–Kier alpha value is -0.480. The van der Waals surface area contributed by atoms with Crippen LogP contribution in [0, 0.1) is 12.3 Å². The van der Waals surface area contributed by atoms with Gasteiger partial charge in [-0.1, -0.05) is 32.5 Å². The molecule has 1 aromatic heterocycles. The van der Waals surface area contributed by atoms with Gasteiger partial charge in [0.2, 0.25) is 0 Å². The van der Waals surface area contributed by atoms with Crippen LogP contribution in [-0.2, 0) is 6.54 Å². The minimum absolute atomic E-state index is 0.306. The van der Waals surface area contributed by atoms with Gasteiger partial charge in [0.1, 0.15) is 0 Å². The molecule has 1 fully saturated rings. The predicted octanol–water partition coefficient (Wildman–Crippen LogP) is 4.05. The van der Waals surface area contributed by atoms with Gasteiger partial charge in [-0.05, 0) is 35.8 Å². The number of thioether (sulfide) groups is 1. The van der Waals surface area contributed by atoms with E-state index in [4.69, 9.17) is 4.99 Å². The topological polar surface area (TPSA) is 24.4 Å². The van der Waals surface area contributed by atoms with Crippen LogP contribution in [0.15, 0.2) is 16.4 Å². The maximum absolute atomic E-state index is 4.73. The second kappa shape index (κ2) is 5.66. The van der Waals surface area contributed by atoms with Crippen molar-refractivity contribution in [3.63, 3.8) is 0 Å². The summed E-state index contributed by atoms with van der Waals surface area (Å²) in [5.74, 6) is 1.18. The zero-order valence-corrected chi connectivity index (χ0v) is 13.3. The molecular formula is C14H22N2S2. The minimum Gasteiger partial charge on any atom is -0.362 e. The Morgan fingerprint density at radius 3 is 2.83 bits per heavy atom. The monoisotopic (exact) mass is 282 g/mol. The largest absolute Gasteiger partial charge is 0.362 e. The number of thiophene rings is 1. The van der Waals surface area contributed by atoms with Crippen LogP contribution in [0.5, 0.6) is 0 Å². The number of hydrogen-bond acceptors (Lipinski definition) is 3. The molecule has 0 saturated carbocycles. The Bertz CT molecular complexity index is 429. The first-order chi connectivity index (χ1) is 8.47. The van der Waals surface area contributed by atoms with Gasteiger partial charge in [-0.15, -0.1) is 11.3 Å². The van der Waals surface area contributed by atoms with E-state index in [1.54, 1.807) is 11.3 Å². The standard InChI is InChI=1S/C14H22N2S2/c1-10-5-7-17-11(10)9-15-13-16-12(6-8-18-13)14(2,3)4/h5,7,12H,6,8-9H2,1-4H3,(H,15,16). The molecule has 2 nitrogen and oxygen atoms in total. The molecule has 0 radical (unpaired) electrons. The highest BCUT2D eigenvalue weighted by Gasteiger charge is 2.28. The van der Waals surface area contributed by atoms with Crippen LogP contribution in [-0.4, -0.2) is 17.0 Å². The molecule has 1 aromatic rings. The molecule has 1 unspecified atom stereocenters. The van der Waals surface area contributed by atoms with Crippen LogP contribution in [0.1, 0.15) is 37.6 Å². The van der Waals surface area contributed by atoms with Crippen LogP contribution in [0.3, 0.4) is 0 Å². The highest BCUT2D eigenvalue weighted by molar-refractivity contribution is 8.13. The summed E-state index contributed by atoms with van der Waals surface area (Å²) in [4.78, 5) is 6.11. The lowest BCUT2D eigenvalue weighted by molar-refractivity contribution is 0.290. The van der Waals surface area contributed by atoms with E-state index in [9.17, 15) is 0 Å². The number of rotatable bonds is 2. The summed E-state index contributed by atoms with van der Waals surface area (Å²) in [5.41, 5.74) is 1.66. The van der Waals surface area contributed by atoms with Crippen LogP contribution >= 0.6 is 23.1 Å². The maximum atomic E-state index is 4.73. The van der Waals surface area contributed by atoms with Crippen molar-refractivity contribution in [2.45, 2.75) is 46.7 Å². The lowest BCUT2D eigenvalue weighted by atomic mass is 9.85. The summed E-state index contributed by atoms with van der Waals surface area (Å²) in [5, 5.41) is 6.86. The highest BCUT2D eigenvalue weighted by Crippen LogP contribution is 2.27. The summed E-state index contributed by atoms with van der Waals surface area (Å²) in [6.07, 6.45) is 1.23. The van der Waals surface area contributed by atoms with Crippen molar-refractivity contribution in [1.29, 1.82) is 0 Å². The van der Waals surface area contributed by atoms with E-state index >= 15 is 0 Å². The van der Waals surface area contributed by atoms with Gasteiger partial charge >= 0.3 is 0 Å².